The smallest absolute Gasteiger partial charge is 0.0544 e. The Hall–Kier alpha value is -6.64. The van der Waals surface area contributed by atoms with Crippen molar-refractivity contribution in [2.45, 2.75) is 19.3 Å². The summed E-state index contributed by atoms with van der Waals surface area (Å²) in [5.74, 6) is 0. The Morgan fingerprint density at radius 3 is 1.53 bits per heavy atom. The fourth-order valence-corrected chi connectivity index (χ4v) is 9.15. The van der Waals surface area contributed by atoms with E-state index in [-0.39, 0.29) is 5.41 Å². The summed E-state index contributed by atoms with van der Waals surface area (Å²) in [5.41, 5.74) is 17.3. The molecule has 0 atom stereocenters. The van der Waals surface area contributed by atoms with Gasteiger partial charge in [-0.2, -0.15) is 0 Å². The highest BCUT2D eigenvalue weighted by molar-refractivity contribution is 6.13. The fraction of sp³-hybridized carbons (Fsp3) is 0.0588. The Balaban J connectivity index is 1.21. The highest BCUT2D eigenvalue weighted by atomic mass is 15.0. The van der Waals surface area contributed by atoms with Gasteiger partial charge in [-0.25, -0.2) is 0 Å². The molecule has 11 rings (SSSR count). The van der Waals surface area contributed by atoms with E-state index in [0.717, 1.165) is 11.4 Å². The number of fused-ring (bicyclic) bond motifs is 9. The first-order chi connectivity index (χ1) is 26.0. The molecule has 0 saturated carbocycles. The van der Waals surface area contributed by atoms with E-state index in [1.807, 2.05) is 0 Å². The lowest BCUT2D eigenvalue weighted by atomic mass is 9.82. The van der Waals surface area contributed by atoms with Crippen molar-refractivity contribution in [3.63, 3.8) is 0 Å². The van der Waals surface area contributed by atoms with Crippen LogP contribution < -0.4 is 0 Å². The maximum atomic E-state index is 2.50. The van der Waals surface area contributed by atoms with Crippen LogP contribution >= 0.6 is 0 Å². The monoisotopic (exact) mass is 676 g/mol. The number of nitrogens with zero attached hydrogens (tertiary/aromatic N) is 2. The molecular weight excluding hydrogens is 641 g/mol. The molecule has 10 aromatic rings. The zero-order valence-electron chi connectivity index (χ0n) is 29.7. The van der Waals surface area contributed by atoms with Crippen molar-refractivity contribution in [2.75, 3.05) is 0 Å². The van der Waals surface area contributed by atoms with Gasteiger partial charge in [-0.15, -0.1) is 0 Å². The van der Waals surface area contributed by atoms with Crippen molar-refractivity contribution in [3.8, 4) is 44.8 Å². The summed E-state index contributed by atoms with van der Waals surface area (Å²) >= 11 is 0. The molecule has 0 amide bonds. The molecule has 0 aliphatic heterocycles. The van der Waals surface area contributed by atoms with E-state index >= 15 is 0 Å². The molecule has 0 fully saturated rings. The van der Waals surface area contributed by atoms with Crippen LogP contribution in [0.3, 0.4) is 0 Å². The average Bonchev–Trinajstić information content (AvgIpc) is 3.80. The third-order valence-corrected chi connectivity index (χ3v) is 11.7. The molecule has 0 spiro atoms. The lowest BCUT2D eigenvalue weighted by Crippen LogP contribution is -2.15. The number of para-hydroxylation sites is 2. The minimum absolute atomic E-state index is 0.0972. The van der Waals surface area contributed by atoms with Gasteiger partial charge in [-0.3, -0.25) is 0 Å². The first kappa shape index (κ1) is 30.0. The number of aromatic nitrogens is 2. The molecule has 2 nitrogen and oxygen atoms in total. The molecule has 0 N–H and O–H groups in total. The maximum absolute atomic E-state index is 2.50. The molecule has 1 aliphatic carbocycles. The average molecular weight is 677 g/mol. The van der Waals surface area contributed by atoms with Gasteiger partial charge in [0.05, 0.1) is 22.1 Å². The normalized spacial score (nSPS) is 13.2. The van der Waals surface area contributed by atoms with Crippen LogP contribution in [0.2, 0.25) is 0 Å². The summed E-state index contributed by atoms with van der Waals surface area (Å²) in [7, 11) is 0. The van der Waals surface area contributed by atoms with E-state index in [1.165, 1.54) is 88.1 Å². The number of hydrogen-bond donors (Lipinski definition) is 0. The zero-order valence-corrected chi connectivity index (χ0v) is 29.7. The Labute approximate surface area is 308 Å². The van der Waals surface area contributed by atoms with E-state index < -0.39 is 0 Å². The van der Waals surface area contributed by atoms with E-state index in [9.17, 15) is 0 Å². The summed E-state index contributed by atoms with van der Waals surface area (Å²) in [6.45, 7) is 4.74. The predicted molar refractivity (Wildman–Crippen MR) is 224 cm³/mol. The highest BCUT2D eigenvalue weighted by Crippen LogP contribution is 2.51. The summed E-state index contributed by atoms with van der Waals surface area (Å²) in [4.78, 5) is 0. The van der Waals surface area contributed by atoms with Gasteiger partial charge in [0, 0.05) is 38.3 Å². The van der Waals surface area contributed by atoms with E-state index in [0.29, 0.717) is 0 Å². The Bertz CT molecular complexity index is 3070. The topological polar surface area (TPSA) is 9.86 Å². The second-order valence-corrected chi connectivity index (χ2v) is 15.0. The van der Waals surface area contributed by atoms with Gasteiger partial charge < -0.3 is 9.13 Å². The van der Waals surface area contributed by atoms with Crippen molar-refractivity contribution < 1.29 is 0 Å². The second-order valence-electron chi connectivity index (χ2n) is 15.0. The number of benzene rings is 8. The minimum Gasteiger partial charge on any atom is -0.309 e. The first-order valence-electron chi connectivity index (χ1n) is 18.5. The molecule has 0 unspecified atom stereocenters. The molecule has 0 radical (unpaired) electrons. The van der Waals surface area contributed by atoms with Crippen LogP contribution in [0.1, 0.15) is 25.0 Å². The largest absolute Gasteiger partial charge is 0.309 e. The summed E-state index contributed by atoms with van der Waals surface area (Å²) in [6, 6.07) is 67.2. The zero-order chi connectivity index (χ0) is 35.3. The Morgan fingerprint density at radius 2 is 0.849 bits per heavy atom. The van der Waals surface area contributed by atoms with Crippen LogP contribution in [0, 0.1) is 0 Å². The molecule has 0 saturated heterocycles. The van der Waals surface area contributed by atoms with Gasteiger partial charge in [0.1, 0.15) is 0 Å². The molecule has 2 heteroatoms. The third-order valence-electron chi connectivity index (χ3n) is 11.7. The van der Waals surface area contributed by atoms with Crippen molar-refractivity contribution in [1.29, 1.82) is 0 Å². The third kappa shape index (κ3) is 4.39. The van der Waals surface area contributed by atoms with Crippen LogP contribution in [0.5, 0.6) is 0 Å². The lowest BCUT2D eigenvalue weighted by molar-refractivity contribution is 0.661. The van der Waals surface area contributed by atoms with Gasteiger partial charge >= 0.3 is 0 Å². The minimum atomic E-state index is -0.0972. The molecule has 0 bridgehead atoms. The van der Waals surface area contributed by atoms with Gasteiger partial charge in [-0.1, -0.05) is 141 Å². The lowest BCUT2D eigenvalue weighted by Gasteiger charge is -2.22. The van der Waals surface area contributed by atoms with Crippen LogP contribution in [0.4, 0.5) is 0 Å². The second kappa shape index (κ2) is 11.2. The van der Waals surface area contributed by atoms with Crippen LogP contribution in [-0.2, 0) is 5.41 Å². The number of hydrogen-bond acceptors (Lipinski definition) is 0. The van der Waals surface area contributed by atoms with Crippen molar-refractivity contribution in [1.82, 2.24) is 9.13 Å². The maximum Gasteiger partial charge on any atom is 0.0544 e. The quantitative estimate of drug-likeness (QED) is 0.176. The molecule has 8 aromatic carbocycles. The van der Waals surface area contributed by atoms with Crippen LogP contribution in [0.15, 0.2) is 182 Å². The molecule has 53 heavy (non-hydrogen) atoms. The molecule has 2 heterocycles. The van der Waals surface area contributed by atoms with Gasteiger partial charge in [-0.05, 0) is 99.1 Å². The van der Waals surface area contributed by atoms with Gasteiger partial charge in [0.2, 0.25) is 0 Å². The summed E-state index contributed by atoms with van der Waals surface area (Å²) in [6.07, 6.45) is 0. The van der Waals surface area contributed by atoms with Gasteiger partial charge in [0.15, 0.2) is 0 Å². The molecule has 2 aromatic heterocycles. The summed E-state index contributed by atoms with van der Waals surface area (Å²) in [5, 5.41) is 5.05. The summed E-state index contributed by atoms with van der Waals surface area (Å²) < 4.78 is 4.96. The van der Waals surface area contributed by atoms with Crippen LogP contribution in [-0.4, -0.2) is 9.13 Å². The highest BCUT2D eigenvalue weighted by Gasteiger charge is 2.36. The Morgan fingerprint density at radius 1 is 0.321 bits per heavy atom. The van der Waals surface area contributed by atoms with Crippen molar-refractivity contribution in [3.05, 3.63) is 193 Å². The molecule has 1 aliphatic rings. The van der Waals surface area contributed by atoms with Crippen LogP contribution in [0.25, 0.3) is 88.4 Å². The van der Waals surface area contributed by atoms with E-state index in [4.69, 9.17) is 0 Å². The SMILES string of the molecule is CC1(C)c2ccccc2-c2cc3c4ccccc4n(-c4cc(-c5ccccc5)cc(-n5c6ccccc6c6cc(-c7ccccc7)ccc65)c4)c3cc21. The Kier molecular flexibility index (Phi) is 6.33. The molecule has 250 valence electrons. The first-order valence-corrected chi connectivity index (χ1v) is 18.5. The van der Waals surface area contributed by atoms with Gasteiger partial charge in [0.25, 0.3) is 0 Å². The van der Waals surface area contributed by atoms with E-state index in [2.05, 4.69) is 205 Å². The number of rotatable bonds is 4. The molecular formula is C51H36N2. The van der Waals surface area contributed by atoms with E-state index in [1.54, 1.807) is 0 Å². The fourth-order valence-electron chi connectivity index (χ4n) is 9.15. The van der Waals surface area contributed by atoms with Crippen molar-refractivity contribution in [2.24, 2.45) is 0 Å². The van der Waals surface area contributed by atoms with Crippen molar-refractivity contribution >= 4 is 43.6 Å². The standard InChI is InChI=1S/C51H36N2/c1-51(2)45-22-12-9-19-39(45)42-31-44-41-21-11-14-24-48(41)53(50(44)32-46(42)51)38-28-36(34-17-7-4-8-18-34)27-37(30-38)52-47-23-13-10-20-40(47)43-29-35(25-26-49(43)52)33-15-5-3-6-16-33/h3-32H,1-2H3. The predicted octanol–water partition coefficient (Wildman–Crippen LogP) is 13.5.